The Morgan fingerprint density at radius 1 is 0.354 bits per heavy atom. The molecule has 16 heteroatoms. The minimum atomic E-state index is -0.467. The maximum atomic E-state index is 6.26. The predicted molar refractivity (Wildman–Crippen MR) is 315 cm³/mol. The van der Waals surface area contributed by atoms with E-state index in [0.717, 1.165) is 45.0 Å². The van der Waals surface area contributed by atoms with Crippen LogP contribution >= 0.6 is 0 Å². The number of benzene rings is 4. The zero-order valence-corrected chi connectivity index (χ0v) is 45.8. The van der Waals surface area contributed by atoms with Crippen LogP contribution in [0.3, 0.4) is 0 Å². The van der Waals surface area contributed by atoms with E-state index >= 15 is 0 Å². The fraction of sp³-hybridized carbons (Fsp3) is 0.182. The van der Waals surface area contributed by atoms with Gasteiger partial charge in [0.1, 0.15) is 46.0 Å². The van der Waals surface area contributed by atoms with Crippen molar-refractivity contribution in [2.24, 2.45) is 5.73 Å². The lowest BCUT2D eigenvalue weighted by Gasteiger charge is -2.17. The topological polar surface area (TPSA) is 195 Å². The predicted octanol–water partition coefficient (Wildman–Crippen LogP) is 13.0. The summed E-state index contributed by atoms with van der Waals surface area (Å²) in [7, 11) is 0. The minimum Gasteiger partial charge on any atom is -0.457 e. The fourth-order valence-electron chi connectivity index (χ4n) is 8.70. The van der Waals surface area contributed by atoms with Gasteiger partial charge in [-0.3, -0.25) is 29.9 Å². The monoisotopic (exact) mass is 1090 g/mol. The Morgan fingerprint density at radius 3 is 1.00 bits per heavy atom. The van der Waals surface area contributed by atoms with E-state index < -0.39 is 6.29 Å². The lowest BCUT2D eigenvalue weighted by molar-refractivity contribution is -0.142. The molecule has 0 spiro atoms. The maximum absolute atomic E-state index is 6.26. The molecule has 0 bridgehead atoms. The number of nitrogens with zero attached hydrogens (tertiary/aromatic N) is 6. The molecule has 10 rings (SSSR count). The van der Waals surface area contributed by atoms with Crippen molar-refractivity contribution in [3.8, 4) is 68.8 Å². The molecule has 0 unspecified atom stereocenters. The van der Waals surface area contributed by atoms with Crippen molar-refractivity contribution >= 4 is 0 Å². The first-order valence-corrected chi connectivity index (χ1v) is 27.3. The molecule has 6 aromatic heterocycles. The van der Waals surface area contributed by atoms with E-state index in [0.29, 0.717) is 128 Å². The van der Waals surface area contributed by atoms with Crippen LogP contribution in [0, 0.1) is 0 Å². The van der Waals surface area contributed by atoms with Crippen LogP contribution in [0.15, 0.2) is 207 Å². The van der Waals surface area contributed by atoms with Gasteiger partial charge in [0.25, 0.3) is 0 Å². The standard InChI is InChI=1S/C66H64N10O6/c1-3-77-66(78-4-2)61-10-6-9-52(76-61)45-70-42-49-17-25-56(26-18-49)82-60-30-34-74-65(38-60)64-37-59(29-33-73-64)81-55-23-15-48(16-24-55)41-69-44-51-8-5-7-50(75-51)43-68-40-47-13-21-54(22-14-47)80-58-28-32-72-63(36-58)62-35-57(27-31-71-62)79-53-19-11-46(39-67)12-20-53/h5-38,66,68-70H,3-4,39-45,67H2,1-2H3. The molecule has 0 aliphatic heterocycles. The maximum Gasteiger partial charge on any atom is 0.201 e. The van der Waals surface area contributed by atoms with Crippen molar-refractivity contribution in [2.75, 3.05) is 13.2 Å². The van der Waals surface area contributed by atoms with Crippen molar-refractivity contribution in [1.82, 2.24) is 45.9 Å². The number of pyridine rings is 6. The van der Waals surface area contributed by atoms with Crippen molar-refractivity contribution in [3.63, 3.8) is 0 Å². The van der Waals surface area contributed by atoms with Gasteiger partial charge in [0.2, 0.25) is 6.29 Å². The molecular formula is C66H64N10O6. The molecule has 4 aromatic carbocycles. The van der Waals surface area contributed by atoms with Crippen LogP contribution in [0.4, 0.5) is 0 Å². The van der Waals surface area contributed by atoms with Gasteiger partial charge >= 0.3 is 0 Å². The summed E-state index contributed by atoms with van der Waals surface area (Å²) in [4.78, 5) is 27.8. The SMILES string of the molecule is CCOC(OCC)c1cccc(CNCc2ccc(Oc3ccnc(-c4cc(Oc5ccc(CNCc6cccc(CNCc7ccc(Oc8ccnc(-c9cc(Oc%10ccc(CN)cc%10)ccn9)c8)cc7)n6)cc5)ccn4)c3)cc2)n1. The first-order valence-electron chi connectivity index (χ1n) is 27.3. The molecule has 0 radical (unpaired) electrons. The van der Waals surface area contributed by atoms with E-state index in [1.54, 1.807) is 24.8 Å². The highest BCUT2D eigenvalue weighted by atomic mass is 16.7. The van der Waals surface area contributed by atoms with E-state index in [-0.39, 0.29) is 0 Å². The number of ether oxygens (including phenoxy) is 6. The van der Waals surface area contributed by atoms with E-state index in [1.165, 1.54) is 0 Å². The second-order valence-corrected chi connectivity index (χ2v) is 18.9. The first-order chi connectivity index (χ1) is 40.4. The summed E-state index contributed by atoms with van der Waals surface area (Å²) in [5.41, 5.74) is 16.4. The largest absolute Gasteiger partial charge is 0.457 e. The van der Waals surface area contributed by atoms with Gasteiger partial charge < -0.3 is 50.1 Å². The lowest BCUT2D eigenvalue weighted by Crippen LogP contribution is -2.16. The number of aromatic nitrogens is 6. The van der Waals surface area contributed by atoms with Gasteiger partial charge in [-0.15, -0.1) is 0 Å². The summed E-state index contributed by atoms with van der Waals surface area (Å²) >= 11 is 0. The second kappa shape index (κ2) is 28.8. The van der Waals surface area contributed by atoms with Crippen LogP contribution < -0.4 is 40.6 Å². The molecule has 0 saturated carbocycles. The van der Waals surface area contributed by atoms with Gasteiger partial charge in [-0.25, -0.2) is 0 Å². The highest BCUT2D eigenvalue weighted by Crippen LogP contribution is 2.31. The van der Waals surface area contributed by atoms with E-state index in [1.807, 2.05) is 172 Å². The molecule has 0 amide bonds. The average molecular weight is 1090 g/mol. The molecule has 0 atom stereocenters. The van der Waals surface area contributed by atoms with Crippen molar-refractivity contribution in [2.45, 2.75) is 66.0 Å². The highest BCUT2D eigenvalue weighted by molar-refractivity contribution is 5.60. The number of hydrogen-bond acceptors (Lipinski definition) is 16. The summed E-state index contributed by atoms with van der Waals surface area (Å²) < 4.78 is 36.2. The van der Waals surface area contributed by atoms with E-state index in [9.17, 15) is 0 Å². The van der Waals surface area contributed by atoms with Gasteiger partial charge in [-0.2, -0.15) is 0 Å². The summed E-state index contributed by atoms with van der Waals surface area (Å²) in [6, 6.07) is 58.5. The van der Waals surface area contributed by atoms with Crippen LogP contribution in [0.5, 0.6) is 46.0 Å². The zero-order valence-electron chi connectivity index (χ0n) is 45.8. The molecule has 10 aromatic rings. The zero-order chi connectivity index (χ0) is 56.1. The lowest BCUT2D eigenvalue weighted by atomic mass is 10.2. The normalized spacial score (nSPS) is 11.2. The minimum absolute atomic E-state index is 0.467. The summed E-state index contributed by atoms with van der Waals surface area (Å²) in [6.45, 7) is 9.34. The van der Waals surface area contributed by atoms with Crippen LogP contribution in [-0.2, 0) is 55.3 Å². The molecule has 0 aliphatic rings. The van der Waals surface area contributed by atoms with Crippen LogP contribution in [-0.4, -0.2) is 43.1 Å². The summed E-state index contributed by atoms with van der Waals surface area (Å²) in [5.74, 6) is 5.45. The van der Waals surface area contributed by atoms with E-state index in [4.69, 9.17) is 44.1 Å². The number of nitrogens with one attached hydrogen (secondary N) is 3. The smallest absolute Gasteiger partial charge is 0.201 e. The first kappa shape index (κ1) is 56.0. The molecule has 0 aliphatic carbocycles. The Morgan fingerprint density at radius 2 is 0.671 bits per heavy atom. The van der Waals surface area contributed by atoms with Crippen LogP contribution in [0.2, 0.25) is 0 Å². The fourth-order valence-corrected chi connectivity index (χ4v) is 8.70. The van der Waals surface area contributed by atoms with Gasteiger partial charge in [-0.1, -0.05) is 60.7 Å². The second-order valence-electron chi connectivity index (χ2n) is 18.9. The Balaban J connectivity index is 0.636. The van der Waals surface area contributed by atoms with Crippen molar-refractivity contribution < 1.29 is 28.4 Å². The van der Waals surface area contributed by atoms with E-state index in [2.05, 4.69) is 60.2 Å². The third-order valence-electron chi connectivity index (χ3n) is 12.8. The third kappa shape index (κ3) is 16.4. The molecule has 414 valence electrons. The molecule has 5 N–H and O–H groups in total. The summed E-state index contributed by atoms with van der Waals surface area (Å²) in [5, 5.41) is 10.5. The summed E-state index contributed by atoms with van der Waals surface area (Å²) in [6.07, 6.45) is 6.37. The number of hydrogen-bond donors (Lipinski definition) is 4. The van der Waals surface area contributed by atoms with Crippen LogP contribution in [0.25, 0.3) is 22.8 Å². The Hall–Kier alpha value is -9.26. The molecule has 82 heavy (non-hydrogen) atoms. The number of rotatable bonds is 28. The molecule has 0 fully saturated rings. The van der Waals surface area contributed by atoms with Gasteiger partial charge in [0, 0.05) is 108 Å². The quantitative estimate of drug-likeness (QED) is 0.0338. The Kier molecular flexibility index (Phi) is 19.6. The molecular weight excluding hydrogens is 1030 g/mol. The van der Waals surface area contributed by atoms with Gasteiger partial charge in [0.15, 0.2) is 0 Å². The molecule has 6 heterocycles. The average Bonchev–Trinajstić information content (AvgIpc) is 3.57. The molecule has 16 nitrogen and oxygen atoms in total. The van der Waals surface area contributed by atoms with Crippen LogP contribution in [0.1, 0.15) is 65.2 Å². The van der Waals surface area contributed by atoms with Crippen molar-refractivity contribution in [3.05, 3.63) is 252 Å². The van der Waals surface area contributed by atoms with Gasteiger partial charge in [-0.05, 0) is 133 Å². The molecule has 0 saturated heterocycles. The highest BCUT2D eigenvalue weighted by Gasteiger charge is 2.14. The third-order valence-corrected chi connectivity index (χ3v) is 12.8. The number of nitrogens with two attached hydrogens (primary N) is 1. The Labute approximate surface area is 477 Å². The Bertz CT molecular complexity index is 3600. The van der Waals surface area contributed by atoms with Gasteiger partial charge in [0.05, 0.1) is 45.6 Å². The van der Waals surface area contributed by atoms with Crippen molar-refractivity contribution in [1.29, 1.82) is 0 Å².